The van der Waals surface area contributed by atoms with E-state index < -0.39 is 6.04 Å². The van der Waals surface area contributed by atoms with E-state index in [9.17, 15) is 9.59 Å². The monoisotopic (exact) mass is 292 g/mol. The Hall–Kier alpha value is -1.32. The molecule has 0 aromatic rings. The lowest BCUT2D eigenvalue weighted by Crippen LogP contribution is -2.51. The standard InChI is InChI=1S/C17H28N2O2/c1-10(2)7-15(19-16(20)11(3)4)17(21)18-14-9-12-5-6-13(14)8-12/h10,12-15H,3,5-9H2,1-2,4H3,(H,18,21)(H,19,20)/t12?,13?,14?,15-/m0/s1. The summed E-state index contributed by atoms with van der Waals surface area (Å²) in [6.07, 6.45) is 5.59. The molecule has 4 nitrogen and oxygen atoms in total. The summed E-state index contributed by atoms with van der Waals surface area (Å²) in [6, 6.07) is -0.138. The van der Waals surface area contributed by atoms with Crippen LogP contribution in [0.15, 0.2) is 12.2 Å². The number of hydrogen-bond acceptors (Lipinski definition) is 2. The Labute approximate surface area is 127 Å². The van der Waals surface area contributed by atoms with Crippen molar-refractivity contribution in [1.29, 1.82) is 0 Å². The Morgan fingerprint density at radius 2 is 1.95 bits per heavy atom. The van der Waals surface area contributed by atoms with Gasteiger partial charge in [0.15, 0.2) is 0 Å². The number of hydrogen-bond donors (Lipinski definition) is 2. The number of rotatable bonds is 6. The Kier molecular flexibility index (Phi) is 5.07. The fourth-order valence-corrected chi connectivity index (χ4v) is 3.69. The van der Waals surface area contributed by atoms with Crippen molar-refractivity contribution in [3.05, 3.63) is 12.2 Å². The minimum Gasteiger partial charge on any atom is -0.351 e. The van der Waals surface area contributed by atoms with Crippen LogP contribution < -0.4 is 10.6 Å². The summed E-state index contributed by atoms with van der Waals surface area (Å²) >= 11 is 0. The van der Waals surface area contributed by atoms with Crippen molar-refractivity contribution in [2.75, 3.05) is 0 Å². The molecule has 4 atom stereocenters. The predicted molar refractivity (Wildman–Crippen MR) is 83.6 cm³/mol. The third-order valence-electron chi connectivity index (χ3n) is 4.78. The van der Waals surface area contributed by atoms with Crippen LogP contribution in [0.5, 0.6) is 0 Å². The van der Waals surface area contributed by atoms with Crippen LogP contribution in [0.2, 0.25) is 0 Å². The van der Waals surface area contributed by atoms with Crippen LogP contribution in [-0.4, -0.2) is 23.9 Å². The zero-order valence-electron chi connectivity index (χ0n) is 13.4. The van der Waals surface area contributed by atoms with Gasteiger partial charge in [-0.3, -0.25) is 9.59 Å². The second-order valence-electron chi connectivity index (χ2n) is 7.23. The molecule has 0 radical (unpaired) electrons. The van der Waals surface area contributed by atoms with E-state index in [0.29, 0.717) is 29.9 Å². The first-order valence-corrected chi connectivity index (χ1v) is 8.13. The number of amides is 2. The smallest absolute Gasteiger partial charge is 0.246 e. The molecule has 118 valence electrons. The van der Waals surface area contributed by atoms with E-state index in [1.54, 1.807) is 6.92 Å². The quantitative estimate of drug-likeness (QED) is 0.739. The van der Waals surface area contributed by atoms with Crippen molar-refractivity contribution in [3.8, 4) is 0 Å². The van der Waals surface area contributed by atoms with Gasteiger partial charge in [0.2, 0.25) is 11.8 Å². The largest absolute Gasteiger partial charge is 0.351 e. The number of carbonyl (C=O) groups is 2. The predicted octanol–water partition coefficient (Wildman–Crippen LogP) is 2.40. The number of nitrogens with one attached hydrogen (secondary N) is 2. The molecule has 4 heteroatoms. The zero-order chi connectivity index (χ0) is 15.6. The molecule has 0 aromatic carbocycles. The molecule has 0 spiro atoms. The average Bonchev–Trinajstić information content (AvgIpc) is 2.99. The van der Waals surface area contributed by atoms with Gasteiger partial charge in [-0.25, -0.2) is 0 Å². The molecule has 2 aliphatic carbocycles. The first-order chi connectivity index (χ1) is 9.86. The van der Waals surface area contributed by atoms with E-state index in [-0.39, 0.29) is 11.8 Å². The fourth-order valence-electron chi connectivity index (χ4n) is 3.69. The molecule has 0 aromatic heterocycles. The van der Waals surface area contributed by atoms with Crippen LogP contribution in [0.4, 0.5) is 0 Å². The summed E-state index contributed by atoms with van der Waals surface area (Å²) < 4.78 is 0. The van der Waals surface area contributed by atoms with Crippen molar-refractivity contribution in [2.24, 2.45) is 17.8 Å². The van der Waals surface area contributed by atoms with Gasteiger partial charge >= 0.3 is 0 Å². The summed E-state index contributed by atoms with van der Waals surface area (Å²) in [5.41, 5.74) is 0.441. The van der Waals surface area contributed by atoms with Gasteiger partial charge in [-0.1, -0.05) is 26.8 Å². The molecule has 2 rings (SSSR count). The highest BCUT2D eigenvalue weighted by atomic mass is 16.2. The van der Waals surface area contributed by atoms with Gasteiger partial charge in [0.05, 0.1) is 0 Å². The van der Waals surface area contributed by atoms with E-state index >= 15 is 0 Å². The molecule has 2 bridgehead atoms. The lowest BCUT2D eigenvalue weighted by Gasteiger charge is -2.27. The van der Waals surface area contributed by atoms with Crippen molar-refractivity contribution in [3.63, 3.8) is 0 Å². The Morgan fingerprint density at radius 3 is 2.43 bits per heavy atom. The maximum absolute atomic E-state index is 12.5. The second-order valence-corrected chi connectivity index (χ2v) is 7.23. The lowest BCUT2D eigenvalue weighted by molar-refractivity contribution is -0.128. The molecule has 2 aliphatic rings. The van der Waals surface area contributed by atoms with Gasteiger partial charge < -0.3 is 10.6 Å². The van der Waals surface area contributed by atoms with Gasteiger partial charge in [-0.15, -0.1) is 0 Å². The molecular formula is C17H28N2O2. The average molecular weight is 292 g/mol. The van der Waals surface area contributed by atoms with E-state index in [4.69, 9.17) is 0 Å². The van der Waals surface area contributed by atoms with Gasteiger partial charge in [0.25, 0.3) is 0 Å². The molecule has 2 amide bonds. The zero-order valence-corrected chi connectivity index (χ0v) is 13.4. The maximum Gasteiger partial charge on any atom is 0.246 e. The van der Waals surface area contributed by atoms with Crippen LogP contribution >= 0.6 is 0 Å². The summed E-state index contributed by atoms with van der Waals surface area (Å²) in [5.74, 6) is 1.54. The van der Waals surface area contributed by atoms with E-state index in [1.807, 2.05) is 0 Å². The van der Waals surface area contributed by atoms with Crippen LogP contribution in [0.3, 0.4) is 0 Å². The third kappa shape index (κ3) is 4.08. The van der Waals surface area contributed by atoms with Crippen LogP contribution in [-0.2, 0) is 9.59 Å². The van der Waals surface area contributed by atoms with Gasteiger partial charge in [0, 0.05) is 11.6 Å². The molecule has 0 heterocycles. The molecule has 0 aliphatic heterocycles. The summed E-state index contributed by atoms with van der Waals surface area (Å²) in [7, 11) is 0. The van der Waals surface area contributed by atoms with Crippen LogP contribution in [0, 0.1) is 17.8 Å². The Balaban J connectivity index is 1.93. The number of fused-ring (bicyclic) bond motifs is 2. The van der Waals surface area contributed by atoms with E-state index in [2.05, 4.69) is 31.1 Å². The minimum atomic E-state index is -0.451. The third-order valence-corrected chi connectivity index (χ3v) is 4.78. The minimum absolute atomic E-state index is 0.0316. The highest BCUT2D eigenvalue weighted by Gasteiger charge is 2.40. The van der Waals surface area contributed by atoms with E-state index in [1.165, 1.54) is 19.3 Å². The summed E-state index contributed by atoms with van der Waals surface area (Å²) in [5, 5.41) is 5.99. The highest BCUT2D eigenvalue weighted by molar-refractivity contribution is 5.96. The van der Waals surface area contributed by atoms with Crippen LogP contribution in [0.1, 0.15) is 52.9 Å². The normalized spacial score (nSPS) is 28.5. The Morgan fingerprint density at radius 1 is 1.24 bits per heavy atom. The first kappa shape index (κ1) is 16.1. The van der Waals surface area contributed by atoms with Crippen molar-refractivity contribution < 1.29 is 9.59 Å². The molecule has 3 unspecified atom stereocenters. The topological polar surface area (TPSA) is 58.2 Å². The number of carbonyl (C=O) groups excluding carboxylic acids is 2. The molecule has 21 heavy (non-hydrogen) atoms. The maximum atomic E-state index is 12.5. The SMILES string of the molecule is C=C(C)C(=O)N[C@@H](CC(C)C)C(=O)NC1CC2CCC1C2. The molecule has 2 fully saturated rings. The van der Waals surface area contributed by atoms with Gasteiger partial charge in [-0.2, -0.15) is 0 Å². The second kappa shape index (κ2) is 6.63. The van der Waals surface area contributed by atoms with Crippen molar-refractivity contribution >= 4 is 11.8 Å². The molecule has 0 saturated heterocycles. The molecule has 2 N–H and O–H groups in total. The van der Waals surface area contributed by atoms with Crippen molar-refractivity contribution in [2.45, 2.75) is 65.0 Å². The summed E-state index contributed by atoms with van der Waals surface area (Å²) in [6.45, 7) is 9.42. The van der Waals surface area contributed by atoms with Gasteiger partial charge in [-0.05, 0) is 50.4 Å². The Bertz CT molecular complexity index is 431. The van der Waals surface area contributed by atoms with Gasteiger partial charge in [0.1, 0.15) is 6.04 Å². The molecular weight excluding hydrogens is 264 g/mol. The summed E-state index contributed by atoms with van der Waals surface area (Å²) in [4.78, 5) is 24.3. The lowest BCUT2D eigenvalue weighted by atomic mass is 9.94. The first-order valence-electron chi connectivity index (χ1n) is 8.13. The van der Waals surface area contributed by atoms with E-state index in [0.717, 1.165) is 12.3 Å². The van der Waals surface area contributed by atoms with Crippen molar-refractivity contribution in [1.82, 2.24) is 10.6 Å². The highest BCUT2D eigenvalue weighted by Crippen LogP contribution is 2.44. The van der Waals surface area contributed by atoms with Crippen LogP contribution in [0.25, 0.3) is 0 Å². The molecule has 2 saturated carbocycles. The fraction of sp³-hybridized carbons (Fsp3) is 0.765.